The maximum Gasteiger partial charge on any atom is 0.248 e. The van der Waals surface area contributed by atoms with Crippen LogP contribution >= 0.6 is 0 Å². The van der Waals surface area contributed by atoms with E-state index in [1.807, 2.05) is 4.90 Å². The molecular formula is C12H11N3O2. The first kappa shape index (κ1) is 11.1. The Kier molecular flexibility index (Phi) is 2.56. The third kappa shape index (κ3) is 1.97. The topological polar surface area (TPSA) is 87.0 Å². The smallest absolute Gasteiger partial charge is 0.248 e. The van der Waals surface area contributed by atoms with E-state index in [4.69, 9.17) is 11.0 Å². The van der Waals surface area contributed by atoms with Crippen LogP contribution in [0.1, 0.15) is 27.6 Å². The fourth-order valence-electron chi connectivity index (χ4n) is 1.74. The third-order valence-electron chi connectivity index (χ3n) is 2.73. The van der Waals surface area contributed by atoms with Crippen molar-refractivity contribution in [2.24, 2.45) is 5.73 Å². The van der Waals surface area contributed by atoms with Crippen LogP contribution in [0.3, 0.4) is 0 Å². The molecule has 0 spiro atoms. The SMILES string of the molecule is CC(=O)c1cc(C(N)=O)ccc1N1CC1C#N. The van der Waals surface area contributed by atoms with Gasteiger partial charge in [-0.3, -0.25) is 9.59 Å². The number of nitriles is 1. The Morgan fingerprint density at radius 1 is 1.53 bits per heavy atom. The lowest BCUT2D eigenvalue weighted by molar-refractivity contribution is 0.1000. The van der Waals surface area contributed by atoms with Crippen LogP contribution in [0.25, 0.3) is 0 Å². The fraction of sp³-hybridized carbons (Fsp3) is 0.250. The van der Waals surface area contributed by atoms with Crippen molar-refractivity contribution < 1.29 is 9.59 Å². The monoisotopic (exact) mass is 229 g/mol. The second kappa shape index (κ2) is 3.91. The predicted octanol–water partition coefficient (Wildman–Crippen LogP) is 0.700. The zero-order chi connectivity index (χ0) is 12.6. The highest BCUT2D eigenvalue weighted by molar-refractivity contribution is 6.03. The van der Waals surface area contributed by atoms with Gasteiger partial charge in [-0.05, 0) is 25.1 Å². The number of nitrogens with zero attached hydrogens (tertiary/aromatic N) is 2. The fourth-order valence-corrected chi connectivity index (χ4v) is 1.74. The molecule has 1 amide bonds. The Balaban J connectivity index is 2.43. The van der Waals surface area contributed by atoms with Gasteiger partial charge >= 0.3 is 0 Å². The van der Waals surface area contributed by atoms with Gasteiger partial charge in [0.25, 0.3) is 0 Å². The molecule has 2 rings (SSSR count). The summed E-state index contributed by atoms with van der Waals surface area (Å²) < 4.78 is 0. The summed E-state index contributed by atoms with van der Waals surface area (Å²) in [7, 11) is 0. The molecule has 0 aliphatic carbocycles. The molecule has 5 nitrogen and oxygen atoms in total. The summed E-state index contributed by atoms with van der Waals surface area (Å²) in [6.45, 7) is 2.04. The molecule has 1 aromatic rings. The van der Waals surface area contributed by atoms with Crippen molar-refractivity contribution in [3.05, 3.63) is 29.3 Å². The lowest BCUT2D eigenvalue weighted by Crippen LogP contribution is -2.13. The van der Waals surface area contributed by atoms with Gasteiger partial charge in [0.05, 0.1) is 12.6 Å². The quantitative estimate of drug-likeness (QED) is 0.610. The number of rotatable bonds is 3. The molecule has 17 heavy (non-hydrogen) atoms. The largest absolute Gasteiger partial charge is 0.366 e. The Hall–Kier alpha value is -2.35. The van der Waals surface area contributed by atoms with E-state index in [2.05, 4.69) is 6.07 Å². The number of benzene rings is 1. The molecule has 0 bridgehead atoms. The molecule has 2 N–H and O–H groups in total. The minimum atomic E-state index is -0.568. The molecule has 1 saturated heterocycles. The Labute approximate surface area is 98.4 Å². The zero-order valence-electron chi connectivity index (χ0n) is 9.30. The van der Waals surface area contributed by atoms with Crippen LogP contribution < -0.4 is 10.6 Å². The van der Waals surface area contributed by atoms with Crippen molar-refractivity contribution in [3.8, 4) is 6.07 Å². The number of primary amides is 1. The number of nitrogens with two attached hydrogens (primary N) is 1. The molecule has 0 radical (unpaired) electrons. The molecule has 1 atom stereocenters. The maximum atomic E-state index is 11.5. The summed E-state index contributed by atoms with van der Waals surface area (Å²) >= 11 is 0. The normalized spacial score (nSPS) is 17.4. The van der Waals surface area contributed by atoms with Gasteiger partial charge in [-0.15, -0.1) is 0 Å². The number of ketones is 1. The van der Waals surface area contributed by atoms with Crippen LogP contribution in [0, 0.1) is 11.3 Å². The molecule has 1 aliphatic rings. The van der Waals surface area contributed by atoms with E-state index in [1.54, 1.807) is 12.1 Å². The number of anilines is 1. The Morgan fingerprint density at radius 3 is 2.71 bits per heavy atom. The van der Waals surface area contributed by atoms with Crippen molar-refractivity contribution in [3.63, 3.8) is 0 Å². The van der Waals surface area contributed by atoms with Crippen LogP contribution in [-0.4, -0.2) is 24.3 Å². The summed E-state index contributed by atoms with van der Waals surface area (Å²) in [5.41, 5.74) is 6.58. The zero-order valence-corrected chi connectivity index (χ0v) is 9.30. The van der Waals surface area contributed by atoms with Gasteiger partial charge in [-0.25, -0.2) is 0 Å². The molecule has 5 heteroatoms. The summed E-state index contributed by atoms with van der Waals surface area (Å²) in [4.78, 5) is 24.4. The van der Waals surface area contributed by atoms with Crippen LogP contribution in [0.5, 0.6) is 0 Å². The summed E-state index contributed by atoms with van der Waals surface area (Å²) in [5.74, 6) is -0.714. The van der Waals surface area contributed by atoms with E-state index in [0.717, 1.165) is 0 Å². The second-order valence-corrected chi connectivity index (χ2v) is 3.95. The van der Waals surface area contributed by atoms with Crippen molar-refractivity contribution in [1.29, 1.82) is 5.26 Å². The van der Waals surface area contributed by atoms with Crippen molar-refractivity contribution in [1.82, 2.24) is 0 Å². The van der Waals surface area contributed by atoms with Gasteiger partial charge in [-0.1, -0.05) is 0 Å². The average molecular weight is 229 g/mol. The molecule has 1 fully saturated rings. The van der Waals surface area contributed by atoms with Gasteiger partial charge in [0, 0.05) is 16.8 Å². The van der Waals surface area contributed by atoms with Gasteiger partial charge in [-0.2, -0.15) is 5.26 Å². The average Bonchev–Trinajstić information content (AvgIpc) is 3.07. The number of hydrogen-bond acceptors (Lipinski definition) is 4. The van der Waals surface area contributed by atoms with Gasteiger partial charge < -0.3 is 10.6 Å². The summed E-state index contributed by atoms with van der Waals surface area (Å²) in [5, 5.41) is 8.76. The first-order chi connectivity index (χ1) is 8.04. The lowest BCUT2D eigenvalue weighted by Gasteiger charge is -2.09. The lowest BCUT2D eigenvalue weighted by atomic mass is 10.0. The first-order valence-corrected chi connectivity index (χ1v) is 5.15. The number of Topliss-reactive ketones (excluding diaryl/α,β-unsaturated/α-hetero) is 1. The molecule has 0 saturated carbocycles. The van der Waals surface area contributed by atoms with E-state index >= 15 is 0 Å². The van der Waals surface area contributed by atoms with Gasteiger partial charge in [0.2, 0.25) is 5.91 Å². The van der Waals surface area contributed by atoms with E-state index < -0.39 is 5.91 Å². The van der Waals surface area contributed by atoms with Crippen molar-refractivity contribution in [2.75, 3.05) is 11.4 Å². The number of amides is 1. The first-order valence-electron chi connectivity index (χ1n) is 5.15. The van der Waals surface area contributed by atoms with Crippen LogP contribution in [0.15, 0.2) is 18.2 Å². The van der Waals surface area contributed by atoms with Crippen molar-refractivity contribution >= 4 is 17.4 Å². The van der Waals surface area contributed by atoms with Crippen LogP contribution in [0.2, 0.25) is 0 Å². The third-order valence-corrected chi connectivity index (χ3v) is 2.73. The number of carbonyl (C=O) groups is 2. The van der Waals surface area contributed by atoms with Gasteiger partial charge in [0.1, 0.15) is 6.04 Å². The number of carbonyl (C=O) groups excluding carboxylic acids is 2. The highest BCUT2D eigenvalue weighted by atomic mass is 16.1. The molecule has 0 aromatic heterocycles. The summed E-state index contributed by atoms with van der Waals surface area (Å²) in [6.07, 6.45) is 0. The summed E-state index contributed by atoms with van der Waals surface area (Å²) in [6, 6.07) is 6.65. The predicted molar refractivity (Wildman–Crippen MR) is 61.7 cm³/mol. The standard InChI is InChI=1S/C12H11N3O2/c1-7(16)10-4-8(12(14)17)2-3-11(10)15-6-9(15)5-13/h2-4,9H,6H2,1H3,(H2,14,17). The number of hydrogen-bond donors (Lipinski definition) is 1. The molecule has 1 aliphatic heterocycles. The van der Waals surface area contributed by atoms with Gasteiger partial charge in [0.15, 0.2) is 5.78 Å². The van der Waals surface area contributed by atoms with Crippen LogP contribution in [-0.2, 0) is 0 Å². The minimum Gasteiger partial charge on any atom is -0.366 e. The highest BCUT2D eigenvalue weighted by Crippen LogP contribution is 2.31. The Morgan fingerprint density at radius 2 is 2.24 bits per heavy atom. The van der Waals surface area contributed by atoms with E-state index in [9.17, 15) is 9.59 Å². The second-order valence-electron chi connectivity index (χ2n) is 3.95. The van der Waals surface area contributed by atoms with E-state index in [0.29, 0.717) is 23.4 Å². The molecule has 1 unspecified atom stereocenters. The van der Waals surface area contributed by atoms with Crippen LogP contribution in [0.4, 0.5) is 5.69 Å². The minimum absolute atomic E-state index is 0.147. The molecular weight excluding hydrogens is 218 g/mol. The van der Waals surface area contributed by atoms with E-state index in [1.165, 1.54) is 13.0 Å². The molecule has 86 valence electrons. The Bertz CT molecular complexity index is 545. The van der Waals surface area contributed by atoms with Crippen molar-refractivity contribution in [2.45, 2.75) is 13.0 Å². The van der Waals surface area contributed by atoms with E-state index in [-0.39, 0.29) is 11.8 Å². The molecule has 1 aromatic carbocycles. The molecule has 1 heterocycles. The maximum absolute atomic E-state index is 11.5. The highest BCUT2D eigenvalue weighted by Gasteiger charge is 2.36.